The van der Waals surface area contributed by atoms with Crippen LogP contribution in [0.2, 0.25) is 0 Å². The number of ketones is 1. The molecule has 35 heavy (non-hydrogen) atoms. The lowest BCUT2D eigenvalue weighted by Crippen LogP contribution is -2.27. The number of nitrogens with one attached hydrogen (secondary N) is 2. The number of methoxy groups -OCH3 is 1. The molecule has 0 fully saturated rings. The first-order valence-electron chi connectivity index (χ1n) is 11.0. The fourth-order valence-corrected chi connectivity index (χ4v) is 4.68. The van der Waals surface area contributed by atoms with E-state index < -0.39 is 10.0 Å². The van der Waals surface area contributed by atoms with Gasteiger partial charge in [-0.2, -0.15) is 0 Å². The Bertz CT molecular complexity index is 1480. The molecule has 3 aromatic rings. The third-order valence-corrected chi connectivity index (χ3v) is 6.35. The van der Waals surface area contributed by atoms with E-state index in [0.717, 1.165) is 28.3 Å². The van der Waals surface area contributed by atoms with Gasteiger partial charge in [0, 0.05) is 45.7 Å². The topological polar surface area (TPSA) is 114 Å². The molecular weight excluding hydrogens is 466 g/mol. The van der Waals surface area contributed by atoms with Crippen molar-refractivity contribution >= 4 is 43.9 Å². The van der Waals surface area contributed by atoms with Gasteiger partial charge in [-0.05, 0) is 35.2 Å². The van der Waals surface area contributed by atoms with Gasteiger partial charge < -0.3 is 10.1 Å². The monoisotopic (exact) mass is 493 g/mol. The van der Waals surface area contributed by atoms with Crippen molar-refractivity contribution in [2.75, 3.05) is 18.1 Å². The average molecular weight is 494 g/mol. The minimum atomic E-state index is -3.37. The summed E-state index contributed by atoms with van der Waals surface area (Å²) in [4.78, 5) is 29.1. The highest BCUT2D eigenvalue weighted by Gasteiger charge is 2.28. The number of fused-ring (bicyclic) bond motifs is 1. The smallest absolute Gasteiger partial charge is 0.231 e. The maximum absolute atomic E-state index is 12.7. The van der Waals surface area contributed by atoms with Crippen molar-refractivity contribution in [3.05, 3.63) is 59.9 Å². The second-order valence-electron chi connectivity index (χ2n) is 9.55. The van der Waals surface area contributed by atoms with Crippen molar-refractivity contribution in [1.29, 1.82) is 0 Å². The summed E-state index contributed by atoms with van der Waals surface area (Å²) in [5, 5.41) is 3.37. The summed E-state index contributed by atoms with van der Waals surface area (Å²) >= 11 is 0. The Morgan fingerprint density at radius 1 is 1.06 bits per heavy atom. The molecule has 0 aliphatic carbocycles. The van der Waals surface area contributed by atoms with Crippen LogP contribution in [0.25, 0.3) is 27.6 Å². The molecule has 1 amide bonds. The van der Waals surface area contributed by atoms with Gasteiger partial charge in [-0.15, -0.1) is 0 Å². The van der Waals surface area contributed by atoms with Gasteiger partial charge in [-0.25, -0.2) is 8.42 Å². The number of benzene rings is 2. The van der Waals surface area contributed by atoms with E-state index in [2.05, 4.69) is 30.8 Å². The maximum Gasteiger partial charge on any atom is 0.231 e. The second-order valence-corrected chi connectivity index (χ2v) is 11.3. The quantitative estimate of drug-likeness (QED) is 0.519. The summed E-state index contributed by atoms with van der Waals surface area (Å²) in [5.41, 5.74) is 4.33. The highest BCUT2D eigenvalue weighted by molar-refractivity contribution is 7.92. The van der Waals surface area contributed by atoms with Crippen LogP contribution in [0.5, 0.6) is 5.75 Å². The van der Waals surface area contributed by atoms with Gasteiger partial charge in [-0.3, -0.25) is 19.3 Å². The number of nitrogens with zero attached hydrogens (tertiary/aromatic N) is 1. The number of hydrogen-bond acceptors (Lipinski definition) is 6. The molecule has 2 N–H and O–H groups in total. The number of allylic oxidation sites excluding steroid dienone is 1. The first-order chi connectivity index (χ1) is 16.4. The van der Waals surface area contributed by atoms with Gasteiger partial charge in [0.1, 0.15) is 5.75 Å². The maximum atomic E-state index is 12.7. The zero-order chi connectivity index (χ0) is 25.5. The Balaban J connectivity index is 1.92. The molecule has 4 rings (SSSR count). The summed E-state index contributed by atoms with van der Waals surface area (Å²) < 4.78 is 31.3. The Hall–Kier alpha value is -3.72. The number of Topliss-reactive ketones (excluding diaryl/α,β-unsaturated/α-hetero) is 1. The fourth-order valence-electron chi connectivity index (χ4n) is 4.11. The molecular formula is C26H27N3O5S. The molecule has 9 heteroatoms. The van der Waals surface area contributed by atoms with Crippen molar-refractivity contribution in [3.8, 4) is 16.9 Å². The van der Waals surface area contributed by atoms with Gasteiger partial charge >= 0.3 is 0 Å². The largest absolute Gasteiger partial charge is 0.496 e. The van der Waals surface area contributed by atoms with Gasteiger partial charge in [0.15, 0.2) is 5.78 Å². The van der Waals surface area contributed by atoms with Crippen molar-refractivity contribution in [2.45, 2.75) is 32.6 Å². The molecule has 1 aliphatic heterocycles. The van der Waals surface area contributed by atoms with E-state index in [0.29, 0.717) is 28.1 Å². The minimum absolute atomic E-state index is 0.212. The standard InChI is InChI=1S/C26H27N3O5S/c1-26(2,3)21-11-18(20-14-27-23(31)12-22(20)30)24-19(25(21)34-4)10-16(13-28-24)15-6-8-17(9-7-15)29-35(5,32)33/h6-11,13-14,29H,12H2,1-5H3,(H,27,31). The number of sulfonamides is 1. The van der Waals surface area contributed by atoms with E-state index in [4.69, 9.17) is 9.72 Å². The average Bonchev–Trinajstić information content (AvgIpc) is 2.76. The SMILES string of the molecule is COc1c(C(C)(C)C)cc(C2=CNC(=O)CC2=O)c2ncc(-c3ccc(NS(C)(=O)=O)cc3)cc12. The normalized spacial score (nSPS) is 14.5. The lowest BCUT2D eigenvalue weighted by atomic mass is 9.82. The lowest BCUT2D eigenvalue weighted by Gasteiger charge is -2.26. The predicted molar refractivity (Wildman–Crippen MR) is 137 cm³/mol. The highest BCUT2D eigenvalue weighted by Crippen LogP contribution is 2.42. The van der Waals surface area contributed by atoms with E-state index in [1.54, 1.807) is 37.6 Å². The molecule has 0 saturated heterocycles. The number of anilines is 1. The molecule has 2 aromatic carbocycles. The van der Waals surface area contributed by atoms with Crippen LogP contribution >= 0.6 is 0 Å². The van der Waals surface area contributed by atoms with E-state index in [-0.39, 0.29) is 23.5 Å². The number of aromatic nitrogens is 1. The summed E-state index contributed by atoms with van der Waals surface area (Å²) in [7, 11) is -1.77. The van der Waals surface area contributed by atoms with Gasteiger partial charge in [0.2, 0.25) is 15.9 Å². The third kappa shape index (κ3) is 5.05. The molecule has 1 aliphatic rings. The molecule has 2 heterocycles. The van der Waals surface area contributed by atoms with Crippen LogP contribution in [-0.4, -0.2) is 38.5 Å². The molecule has 0 radical (unpaired) electrons. The Labute approximate surface area is 204 Å². The van der Waals surface area contributed by atoms with Crippen LogP contribution in [0.3, 0.4) is 0 Å². The van der Waals surface area contributed by atoms with Crippen molar-refractivity contribution in [1.82, 2.24) is 10.3 Å². The zero-order valence-electron chi connectivity index (χ0n) is 20.2. The molecule has 0 atom stereocenters. The van der Waals surface area contributed by atoms with Crippen LogP contribution in [0.15, 0.2) is 48.8 Å². The molecule has 0 spiro atoms. The summed E-state index contributed by atoms with van der Waals surface area (Å²) in [5.74, 6) is 0.0606. The molecule has 0 saturated carbocycles. The van der Waals surface area contributed by atoms with Crippen LogP contribution in [-0.2, 0) is 25.0 Å². The van der Waals surface area contributed by atoms with Crippen molar-refractivity contribution < 1.29 is 22.7 Å². The molecule has 0 unspecified atom stereocenters. The summed E-state index contributed by atoms with van der Waals surface area (Å²) in [6, 6.07) is 10.8. The van der Waals surface area contributed by atoms with Gasteiger partial charge in [0.05, 0.1) is 25.3 Å². The van der Waals surface area contributed by atoms with E-state index in [9.17, 15) is 18.0 Å². The molecule has 0 bridgehead atoms. The van der Waals surface area contributed by atoms with E-state index in [1.807, 2.05) is 12.1 Å². The highest BCUT2D eigenvalue weighted by atomic mass is 32.2. The van der Waals surface area contributed by atoms with Gasteiger partial charge in [-0.1, -0.05) is 32.9 Å². The van der Waals surface area contributed by atoms with Crippen molar-refractivity contribution in [2.24, 2.45) is 0 Å². The molecule has 1 aromatic heterocycles. The number of amides is 1. The number of carbonyl (C=O) groups excluding carboxylic acids is 2. The van der Waals surface area contributed by atoms with Crippen molar-refractivity contribution in [3.63, 3.8) is 0 Å². The van der Waals surface area contributed by atoms with Crippen LogP contribution in [0.4, 0.5) is 5.69 Å². The Morgan fingerprint density at radius 2 is 1.74 bits per heavy atom. The van der Waals surface area contributed by atoms with Gasteiger partial charge in [0.25, 0.3) is 0 Å². The number of carbonyl (C=O) groups is 2. The number of pyridine rings is 1. The molecule has 182 valence electrons. The van der Waals surface area contributed by atoms with Crippen LogP contribution < -0.4 is 14.8 Å². The van der Waals surface area contributed by atoms with Crippen LogP contribution in [0, 0.1) is 0 Å². The first-order valence-corrected chi connectivity index (χ1v) is 12.9. The lowest BCUT2D eigenvalue weighted by molar-refractivity contribution is -0.125. The minimum Gasteiger partial charge on any atom is -0.496 e. The predicted octanol–water partition coefficient (Wildman–Crippen LogP) is 4.01. The molecule has 8 nitrogen and oxygen atoms in total. The third-order valence-electron chi connectivity index (χ3n) is 5.74. The fraction of sp³-hybridized carbons (Fsp3) is 0.269. The van der Waals surface area contributed by atoms with E-state index >= 15 is 0 Å². The Morgan fingerprint density at radius 3 is 2.31 bits per heavy atom. The number of rotatable bonds is 5. The first kappa shape index (κ1) is 24.4. The van der Waals surface area contributed by atoms with Crippen LogP contribution in [0.1, 0.15) is 38.3 Å². The number of hydrogen-bond donors (Lipinski definition) is 2. The summed E-state index contributed by atoms with van der Waals surface area (Å²) in [6.45, 7) is 6.18. The Kier molecular flexibility index (Phi) is 6.14. The summed E-state index contributed by atoms with van der Waals surface area (Å²) in [6.07, 6.45) is 4.04. The second kappa shape index (κ2) is 8.81. The van der Waals surface area contributed by atoms with E-state index in [1.165, 1.54) is 6.20 Å². The zero-order valence-corrected chi connectivity index (χ0v) is 21.0. The number of ether oxygens (including phenoxy) is 1.